The van der Waals surface area contributed by atoms with Crippen LogP contribution in [0.15, 0.2) is 53.6 Å². The Morgan fingerprint density at radius 1 is 1.03 bits per heavy atom. The molecule has 170 valence electrons. The summed E-state index contributed by atoms with van der Waals surface area (Å²) in [5.74, 6) is 1.80. The first-order valence-electron chi connectivity index (χ1n) is 11.0. The molecule has 1 aromatic carbocycles. The largest absolute Gasteiger partial charge is 0.389 e. The van der Waals surface area contributed by atoms with Crippen LogP contribution in [0.2, 0.25) is 0 Å². The fraction of sp³-hybridized carbons (Fsp3) is 0.375. The molecular weight excluding hydrogens is 418 g/mol. The predicted molar refractivity (Wildman–Crippen MR) is 123 cm³/mol. The van der Waals surface area contributed by atoms with E-state index >= 15 is 0 Å². The number of aliphatic hydroxyl groups is 1. The second-order valence-corrected chi connectivity index (χ2v) is 9.55. The normalized spacial score (nSPS) is 16.0. The van der Waals surface area contributed by atoms with Crippen LogP contribution in [0, 0.1) is 5.92 Å². The predicted octanol–water partition coefficient (Wildman–Crippen LogP) is 3.46. The van der Waals surface area contributed by atoms with Crippen molar-refractivity contribution >= 4 is 5.95 Å². The van der Waals surface area contributed by atoms with Crippen molar-refractivity contribution in [1.29, 1.82) is 0 Å². The fourth-order valence-electron chi connectivity index (χ4n) is 4.21. The smallest absolute Gasteiger partial charge is 0.261 e. The third kappa shape index (κ3) is 4.23. The number of aromatic nitrogens is 6. The Kier molecular flexibility index (Phi) is 5.01. The summed E-state index contributed by atoms with van der Waals surface area (Å²) >= 11 is 0. The lowest BCUT2D eigenvalue weighted by Gasteiger charge is -2.27. The van der Waals surface area contributed by atoms with Gasteiger partial charge in [0.15, 0.2) is 5.82 Å². The SMILES string of the molecule is CC(C)(O)Cn1cc(-c2nc([C@@](C)(c3ccc(-c4cnc(N)nc4)cc3)C3CC3)no2)cn1. The topological polar surface area (TPSA) is 129 Å². The van der Waals surface area contributed by atoms with Crippen LogP contribution >= 0.6 is 0 Å². The zero-order valence-electron chi connectivity index (χ0n) is 18.9. The molecule has 1 aliphatic carbocycles. The molecule has 0 bridgehead atoms. The molecule has 5 rings (SSSR count). The minimum Gasteiger partial charge on any atom is -0.389 e. The molecule has 4 aromatic rings. The van der Waals surface area contributed by atoms with E-state index in [1.165, 1.54) is 0 Å². The van der Waals surface area contributed by atoms with Crippen LogP contribution in [0.1, 0.15) is 45.0 Å². The lowest BCUT2D eigenvalue weighted by atomic mass is 9.77. The van der Waals surface area contributed by atoms with E-state index < -0.39 is 5.60 Å². The number of nitrogen functional groups attached to an aromatic ring is 1. The van der Waals surface area contributed by atoms with Crippen LogP contribution in [-0.4, -0.2) is 40.6 Å². The zero-order chi connectivity index (χ0) is 23.2. The lowest BCUT2D eigenvalue weighted by Crippen LogP contribution is -2.28. The van der Waals surface area contributed by atoms with E-state index in [0.29, 0.717) is 24.2 Å². The summed E-state index contributed by atoms with van der Waals surface area (Å²) in [5.41, 5.74) is 8.17. The van der Waals surface area contributed by atoms with E-state index in [0.717, 1.165) is 35.1 Å². The number of nitrogens with zero attached hydrogens (tertiary/aromatic N) is 6. The van der Waals surface area contributed by atoms with E-state index in [4.69, 9.17) is 15.2 Å². The molecule has 33 heavy (non-hydrogen) atoms. The second-order valence-electron chi connectivity index (χ2n) is 9.55. The van der Waals surface area contributed by atoms with E-state index in [1.54, 1.807) is 37.1 Å². The molecule has 0 unspecified atom stereocenters. The Morgan fingerprint density at radius 3 is 2.36 bits per heavy atom. The molecule has 0 amide bonds. The first-order valence-corrected chi connectivity index (χ1v) is 11.0. The second kappa shape index (κ2) is 7.77. The van der Waals surface area contributed by atoms with Crippen LogP contribution in [0.4, 0.5) is 5.95 Å². The standard InChI is InChI=1S/C24H27N7O2/c1-23(2,32)14-31-13-17(12-28-31)20-29-21(30-33-20)24(3,19-8-9-19)18-6-4-15(5-7-18)16-10-26-22(25)27-11-16/h4-7,10-13,19,32H,8-9,14H2,1-3H3,(H2,25,26,27)/t24-/m0/s1. The van der Waals surface area contributed by atoms with Gasteiger partial charge in [-0.25, -0.2) is 9.97 Å². The van der Waals surface area contributed by atoms with Gasteiger partial charge in [0.05, 0.1) is 29.3 Å². The number of hydrogen-bond acceptors (Lipinski definition) is 8. The Hall–Kier alpha value is -3.59. The van der Waals surface area contributed by atoms with Crippen molar-refractivity contribution in [2.45, 2.75) is 51.2 Å². The maximum absolute atomic E-state index is 10.0. The van der Waals surface area contributed by atoms with Crippen molar-refractivity contribution in [2.24, 2.45) is 5.92 Å². The van der Waals surface area contributed by atoms with E-state index in [2.05, 4.69) is 51.4 Å². The van der Waals surface area contributed by atoms with Gasteiger partial charge in [-0.05, 0) is 50.7 Å². The molecule has 9 nitrogen and oxygen atoms in total. The molecule has 3 heterocycles. The third-order valence-electron chi connectivity index (χ3n) is 6.20. The van der Waals surface area contributed by atoms with Crippen molar-refractivity contribution in [3.8, 4) is 22.6 Å². The number of nitrogens with two attached hydrogens (primary N) is 1. The molecule has 3 N–H and O–H groups in total. The highest BCUT2D eigenvalue weighted by Crippen LogP contribution is 2.50. The number of anilines is 1. The third-order valence-corrected chi connectivity index (χ3v) is 6.20. The molecule has 9 heteroatoms. The molecule has 0 saturated heterocycles. The molecule has 3 aromatic heterocycles. The molecule has 0 spiro atoms. The Morgan fingerprint density at radius 2 is 1.73 bits per heavy atom. The van der Waals surface area contributed by atoms with E-state index in [1.807, 2.05) is 6.20 Å². The van der Waals surface area contributed by atoms with Crippen LogP contribution in [0.3, 0.4) is 0 Å². The Bertz CT molecular complexity index is 1250. The maximum Gasteiger partial charge on any atom is 0.261 e. The fourth-order valence-corrected chi connectivity index (χ4v) is 4.21. The van der Waals surface area contributed by atoms with Gasteiger partial charge in [0.1, 0.15) is 0 Å². The van der Waals surface area contributed by atoms with Crippen LogP contribution in [-0.2, 0) is 12.0 Å². The van der Waals surface area contributed by atoms with Gasteiger partial charge in [-0.1, -0.05) is 29.4 Å². The molecule has 1 fully saturated rings. The van der Waals surface area contributed by atoms with Crippen molar-refractivity contribution in [1.82, 2.24) is 29.9 Å². The minimum absolute atomic E-state index is 0.259. The van der Waals surface area contributed by atoms with Crippen LogP contribution < -0.4 is 5.73 Å². The molecule has 0 aliphatic heterocycles. The molecule has 1 aliphatic rings. The van der Waals surface area contributed by atoms with E-state index in [-0.39, 0.29) is 11.4 Å². The average molecular weight is 446 g/mol. The molecule has 0 radical (unpaired) electrons. The number of rotatable bonds is 7. The summed E-state index contributed by atoms with van der Waals surface area (Å²) in [6, 6.07) is 8.35. The quantitative estimate of drug-likeness (QED) is 0.442. The minimum atomic E-state index is -0.863. The highest BCUT2D eigenvalue weighted by Gasteiger charge is 2.47. The maximum atomic E-state index is 10.0. The van der Waals surface area contributed by atoms with Crippen molar-refractivity contribution in [2.75, 3.05) is 5.73 Å². The number of benzene rings is 1. The van der Waals surface area contributed by atoms with Crippen LogP contribution in [0.25, 0.3) is 22.6 Å². The van der Waals surface area contributed by atoms with Gasteiger partial charge in [-0.15, -0.1) is 0 Å². The summed E-state index contributed by atoms with van der Waals surface area (Å²) in [4.78, 5) is 12.9. The Balaban J connectivity index is 1.43. The highest BCUT2D eigenvalue weighted by atomic mass is 16.5. The van der Waals surface area contributed by atoms with Gasteiger partial charge in [0, 0.05) is 24.2 Å². The summed E-state index contributed by atoms with van der Waals surface area (Å²) in [6.45, 7) is 6.04. The first kappa shape index (κ1) is 21.3. The Labute approximate surface area is 191 Å². The molecule has 1 saturated carbocycles. The average Bonchev–Trinajstić information content (AvgIpc) is 3.35. The van der Waals surface area contributed by atoms with Gasteiger partial charge in [-0.3, -0.25) is 4.68 Å². The van der Waals surface area contributed by atoms with Gasteiger partial charge in [0.2, 0.25) is 5.95 Å². The number of hydrogen-bond donors (Lipinski definition) is 2. The highest BCUT2D eigenvalue weighted by molar-refractivity contribution is 5.63. The van der Waals surface area contributed by atoms with Crippen molar-refractivity contribution < 1.29 is 9.63 Å². The van der Waals surface area contributed by atoms with Crippen LogP contribution in [0.5, 0.6) is 0 Å². The van der Waals surface area contributed by atoms with Gasteiger partial charge < -0.3 is 15.4 Å². The monoisotopic (exact) mass is 445 g/mol. The van der Waals surface area contributed by atoms with Gasteiger partial charge >= 0.3 is 0 Å². The van der Waals surface area contributed by atoms with Crippen molar-refractivity contribution in [3.05, 3.63) is 60.4 Å². The van der Waals surface area contributed by atoms with Gasteiger partial charge in [0.25, 0.3) is 5.89 Å². The van der Waals surface area contributed by atoms with Gasteiger partial charge in [-0.2, -0.15) is 10.1 Å². The summed E-state index contributed by atoms with van der Waals surface area (Å²) < 4.78 is 7.32. The summed E-state index contributed by atoms with van der Waals surface area (Å²) in [6.07, 6.45) is 9.19. The first-order chi connectivity index (χ1) is 15.7. The molecular formula is C24H27N7O2. The van der Waals surface area contributed by atoms with E-state index in [9.17, 15) is 5.11 Å². The zero-order valence-corrected chi connectivity index (χ0v) is 18.9. The summed E-state index contributed by atoms with van der Waals surface area (Å²) in [5, 5.41) is 18.7. The summed E-state index contributed by atoms with van der Waals surface area (Å²) in [7, 11) is 0. The molecule has 1 atom stereocenters. The van der Waals surface area contributed by atoms with Crippen molar-refractivity contribution in [3.63, 3.8) is 0 Å². The lowest BCUT2D eigenvalue weighted by molar-refractivity contribution is 0.0577.